The molecule has 0 saturated heterocycles. The zero-order valence-electron chi connectivity index (χ0n) is 10.5. The van der Waals surface area contributed by atoms with Crippen LogP contribution in [0.5, 0.6) is 5.75 Å². The number of allylic oxidation sites excluding steroid dienone is 1. The monoisotopic (exact) mass is 240 g/mol. The van der Waals surface area contributed by atoms with Gasteiger partial charge in [0.2, 0.25) is 0 Å². The van der Waals surface area contributed by atoms with Crippen molar-refractivity contribution in [2.24, 2.45) is 0 Å². The number of benzene rings is 1. The van der Waals surface area contributed by atoms with E-state index in [1.54, 1.807) is 13.0 Å². The summed E-state index contributed by atoms with van der Waals surface area (Å²) < 4.78 is 31.9. The van der Waals surface area contributed by atoms with Gasteiger partial charge in [0.15, 0.2) is 0 Å². The molecule has 0 atom stereocenters. The van der Waals surface area contributed by atoms with E-state index in [4.69, 9.17) is 4.74 Å². The molecule has 3 heteroatoms. The number of hydrogen-bond acceptors (Lipinski definition) is 1. The van der Waals surface area contributed by atoms with E-state index in [-0.39, 0.29) is 5.56 Å². The van der Waals surface area contributed by atoms with Crippen LogP contribution in [0.15, 0.2) is 24.8 Å². The van der Waals surface area contributed by atoms with Crippen LogP contribution in [0.2, 0.25) is 0 Å². The molecule has 0 saturated carbocycles. The first-order chi connectivity index (χ1) is 7.86. The molecule has 0 aliphatic carbocycles. The first-order valence-corrected chi connectivity index (χ1v) is 5.67. The van der Waals surface area contributed by atoms with Gasteiger partial charge in [-0.3, -0.25) is 0 Å². The average molecular weight is 240 g/mol. The third kappa shape index (κ3) is 3.55. The second-order valence-corrected chi connectivity index (χ2v) is 4.23. The number of alkyl halides is 2. The molecule has 0 aliphatic heterocycles. The van der Waals surface area contributed by atoms with E-state index in [2.05, 4.69) is 6.58 Å². The van der Waals surface area contributed by atoms with Crippen LogP contribution in [0.1, 0.15) is 38.3 Å². The maximum absolute atomic E-state index is 13.2. The van der Waals surface area contributed by atoms with Gasteiger partial charge in [-0.1, -0.05) is 13.5 Å². The minimum absolute atomic E-state index is 0.0145. The van der Waals surface area contributed by atoms with Crippen molar-refractivity contribution >= 4 is 5.57 Å². The summed E-state index contributed by atoms with van der Waals surface area (Å²) in [5.41, 5.74) is 1.36. The molecule has 0 fully saturated rings. The van der Waals surface area contributed by atoms with Gasteiger partial charge >= 0.3 is 0 Å². The predicted octanol–water partition coefficient (Wildman–Crippen LogP) is 4.62. The predicted molar refractivity (Wildman–Crippen MR) is 66.5 cm³/mol. The first kappa shape index (κ1) is 13.7. The molecule has 0 unspecified atom stereocenters. The van der Waals surface area contributed by atoms with Crippen molar-refractivity contribution in [2.45, 2.75) is 33.1 Å². The zero-order valence-corrected chi connectivity index (χ0v) is 10.5. The molecule has 0 aromatic heterocycles. The standard InChI is InChI=1S/C14H18F2O/c1-5-8-17-13-7-6-11(14(4,15)16)9-12(13)10(2)3/h6-7,9H,2,5,8H2,1,3-4H3. The highest BCUT2D eigenvalue weighted by molar-refractivity contribution is 5.68. The fourth-order valence-corrected chi connectivity index (χ4v) is 1.47. The third-order valence-electron chi connectivity index (χ3n) is 2.41. The first-order valence-electron chi connectivity index (χ1n) is 5.67. The highest BCUT2D eigenvalue weighted by Crippen LogP contribution is 2.33. The molecule has 0 aliphatic rings. The smallest absolute Gasteiger partial charge is 0.270 e. The molecule has 17 heavy (non-hydrogen) atoms. The lowest BCUT2D eigenvalue weighted by atomic mass is 10.0. The van der Waals surface area contributed by atoms with Gasteiger partial charge in [-0.15, -0.1) is 0 Å². The SMILES string of the molecule is C=C(C)c1cc(C(C)(F)F)ccc1OCCC. The molecular formula is C14H18F2O. The fourth-order valence-electron chi connectivity index (χ4n) is 1.47. The summed E-state index contributed by atoms with van der Waals surface area (Å²) in [6, 6.07) is 4.44. The van der Waals surface area contributed by atoms with Crippen molar-refractivity contribution in [2.75, 3.05) is 6.61 Å². The summed E-state index contributed by atoms with van der Waals surface area (Å²) in [5, 5.41) is 0. The van der Waals surface area contributed by atoms with Crippen molar-refractivity contribution in [3.05, 3.63) is 35.9 Å². The van der Waals surface area contributed by atoms with Crippen LogP contribution in [-0.2, 0) is 5.92 Å². The molecule has 0 bridgehead atoms. The minimum atomic E-state index is -2.84. The van der Waals surface area contributed by atoms with Gasteiger partial charge in [0.05, 0.1) is 6.61 Å². The maximum Gasteiger partial charge on any atom is 0.270 e. The van der Waals surface area contributed by atoms with Crippen LogP contribution in [0.25, 0.3) is 5.57 Å². The molecule has 94 valence electrons. The quantitative estimate of drug-likeness (QED) is 0.729. The third-order valence-corrected chi connectivity index (χ3v) is 2.41. The lowest BCUT2D eigenvalue weighted by molar-refractivity contribution is 0.0174. The van der Waals surface area contributed by atoms with Crippen molar-refractivity contribution in [1.29, 1.82) is 0 Å². The van der Waals surface area contributed by atoms with E-state index in [0.717, 1.165) is 18.9 Å². The summed E-state index contributed by atoms with van der Waals surface area (Å²) in [4.78, 5) is 0. The summed E-state index contributed by atoms with van der Waals surface area (Å²) in [6.07, 6.45) is 0.876. The fraction of sp³-hybridized carbons (Fsp3) is 0.429. The van der Waals surface area contributed by atoms with E-state index in [1.807, 2.05) is 6.92 Å². The van der Waals surface area contributed by atoms with E-state index in [1.165, 1.54) is 12.1 Å². The second kappa shape index (κ2) is 5.30. The Bertz CT molecular complexity index is 405. The molecule has 0 radical (unpaired) electrons. The maximum atomic E-state index is 13.2. The summed E-state index contributed by atoms with van der Waals surface area (Å²) in [7, 11) is 0. The molecule has 1 aromatic carbocycles. The molecule has 0 heterocycles. The van der Waals surface area contributed by atoms with Crippen LogP contribution in [0.4, 0.5) is 8.78 Å². The van der Waals surface area contributed by atoms with Crippen molar-refractivity contribution < 1.29 is 13.5 Å². The van der Waals surface area contributed by atoms with Gasteiger partial charge in [0.1, 0.15) is 5.75 Å². The lowest BCUT2D eigenvalue weighted by Gasteiger charge is -2.16. The Labute approximate surface area is 101 Å². The number of halogens is 2. The Morgan fingerprint density at radius 3 is 2.53 bits per heavy atom. The Balaban J connectivity index is 3.13. The topological polar surface area (TPSA) is 9.23 Å². The summed E-state index contributed by atoms with van der Waals surface area (Å²) >= 11 is 0. The van der Waals surface area contributed by atoms with Gasteiger partial charge in [0.25, 0.3) is 5.92 Å². The van der Waals surface area contributed by atoms with Crippen molar-refractivity contribution in [3.63, 3.8) is 0 Å². The normalized spacial score (nSPS) is 11.4. The van der Waals surface area contributed by atoms with Gasteiger partial charge in [-0.2, -0.15) is 0 Å². The molecule has 1 rings (SSSR count). The Kier molecular flexibility index (Phi) is 4.27. The summed E-state index contributed by atoms with van der Waals surface area (Å²) in [6.45, 7) is 9.03. The van der Waals surface area contributed by atoms with Gasteiger partial charge in [-0.05, 0) is 37.1 Å². The molecule has 0 amide bonds. The van der Waals surface area contributed by atoms with E-state index >= 15 is 0 Å². The molecule has 1 nitrogen and oxygen atoms in total. The zero-order chi connectivity index (χ0) is 13.1. The average Bonchev–Trinajstić information content (AvgIpc) is 2.24. The molecule has 1 aromatic rings. The Morgan fingerprint density at radius 1 is 1.41 bits per heavy atom. The number of hydrogen-bond donors (Lipinski definition) is 0. The van der Waals surface area contributed by atoms with Gasteiger partial charge in [0, 0.05) is 18.1 Å². The van der Waals surface area contributed by atoms with E-state index in [0.29, 0.717) is 17.9 Å². The van der Waals surface area contributed by atoms with Crippen LogP contribution in [-0.4, -0.2) is 6.61 Å². The number of rotatable bonds is 5. The second-order valence-electron chi connectivity index (χ2n) is 4.23. The Morgan fingerprint density at radius 2 is 2.06 bits per heavy atom. The highest BCUT2D eigenvalue weighted by atomic mass is 19.3. The van der Waals surface area contributed by atoms with Gasteiger partial charge in [-0.25, -0.2) is 8.78 Å². The van der Waals surface area contributed by atoms with Gasteiger partial charge < -0.3 is 4.74 Å². The summed E-state index contributed by atoms with van der Waals surface area (Å²) in [5.74, 6) is -2.22. The molecular weight excluding hydrogens is 222 g/mol. The molecule has 0 N–H and O–H groups in total. The van der Waals surface area contributed by atoms with E-state index < -0.39 is 5.92 Å². The van der Waals surface area contributed by atoms with Crippen LogP contribution >= 0.6 is 0 Å². The van der Waals surface area contributed by atoms with Crippen molar-refractivity contribution in [1.82, 2.24) is 0 Å². The van der Waals surface area contributed by atoms with Crippen LogP contribution in [0.3, 0.4) is 0 Å². The Hall–Kier alpha value is -1.38. The van der Waals surface area contributed by atoms with Crippen LogP contribution < -0.4 is 4.74 Å². The molecule has 0 spiro atoms. The highest BCUT2D eigenvalue weighted by Gasteiger charge is 2.25. The van der Waals surface area contributed by atoms with Crippen molar-refractivity contribution in [3.8, 4) is 5.75 Å². The number of ether oxygens (including phenoxy) is 1. The van der Waals surface area contributed by atoms with E-state index in [9.17, 15) is 8.78 Å². The van der Waals surface area contributed by atoms with Crippen LogP contribution in [0, 0.1) is 0 Å². The largest absolute Gasteiger partial charge is 0.493 e. The lowest BCUT2D eigenvalue weighted by Crippen LogP contribution is -2.08. The minimum Gasteiger partial charge on any atom is -0.493 e.